The second-order valence-electron chi connectivity index (χ2n) is 5.93. The van der Waals surface area contributed by atoms with Crippen molar-refractivity contribution in [1.29, 1.82) is 0 Å². The van der Waals surface area contributed by atoms with Crippen LogP contribution in [0.3, 0.4) is 0 Å². The second kappa shape index (κ2) is 7.25. The first kappa shape index (κ1) is 16.2. The molecule has 1 aromatic heterocycles. The number of para-hydroxylation sites is 1. The van der Waals surface area contributed by atoms with E-state index in [-0.39, 0.29) is 17.6 Å². The topological polar surface area (TPSA) is 46.9 Å². The lowest BCUT2D eigenvalue weighted by Crippen LogP contribution is -2.28. The van der Waals surface area contributed by atoms with Gasteiger partial charge in [-0.1, -0.05) is 37.3 Å². The quantitative estimate of drug-likeness (QED) is 0.754. The molecule has 3 aromatic rings. The van der Waals surface area contributed by atoms with Crippen molar-refractivity contribution >= 4 is 16.8 Å². The third kappa shape index (κ3) is 3.79. The van der Waals surface area contributed by atoms with E-state index in [1.54, 1.807) is 12.1 Å². The molecule has 0 bridgehead atoms. The minimum absolute atomic E-state index is 0.0106. The van der Waals surface area contributed by atoms with Crippen LogP contribution in [0.4, 0.5) is 4.39 Å². The highest BCUT2D eigenvalue weighted by atomic mass is 19.1. The number of aryl methyl sites for hydroxylation is 1. The Kier molecular flexibility index (Phi) is 4.89. The number of halogens is 1. The van der Waals surface area contributed by atoms with Crippen LogP contribution in [0.15, 0.2) is 54.7 Å². The highest BCUT2D eigenvalue weighted by Crippen LogP contribution is 2.15. The van der Waals surface area contributed by atoms with E-state index in [4.69, 9.17) is 0 Å². The summed E-state index contributed by atoms with van der Waals surface area (Å²) in [6.45, 7) is 3.09. The molecule has 3 rings (SSSR count). The van der Waals surface area contributed by atoms with E-state index in [0.29, 0.717) is 19.5 Å². The molecule has 1 N–H and O–H groups in total. The third-order valence-electron chi connectivity index (χ3n) is 4.15. The Morgan fingerprint density at radius 1 is 1.21 bits per heavy atom. The standard InChI is InChI=1S/C19H20FN3O/c1-14(15-6-8-17(20)9-7-15)12-21-19(24)10-11-23-18-5-3-2-4-16(18)13-22-23/h2-9,13-14H,10-12H2,1H3,(H,21,24). The van der Waals surface area contributed by atoms with Crippen molar-refractivity contribution < 1.29 is 9.18 Å². The Morgan fingerprint density at radius 2 is 1.96 bits per heavy atom. The number of fused-ring (bicyclic) bond motifs is 1. The summed E-state index contributed by atoms with van der Waals surface area (Å²) in [4.78, 5) is 12.1. The van der Waals surface area contributed by atoms with Gasteiger partial charge in [-0.15, -0.1) is 0 Å². The van der Waals surface area contributed by atoms with Crippen molar-refractivity contribution in [3.8, 4) is 0 Å². The van der Waals surface area contributed by atoms with E-state index < -0.39 is 0 Å². The monoisotopic (exact) mass is 325 g/mol. The van der Waals surface area contributed by atoms with Crippen LogP contribution >= 0.6 is 0 Å². The van der Waals surface area contributed by atoms with Crippen LogP contribution in [-0.2, 0) is 11.3 Å². The summed E-state index contributed by atoms with van der Waals surface area (Å²) in [6.07, 6.45) is 2.19. The number of nitrogens with one attached hydrogen (secondary N) is 1. The molecule has 0 radical (unpaired) electrons. The molecule has 5 heteroatoms. The molecule has 24 heavy (non-hydrogen) atoms. The lowest BCUT2D eigenvalue weighted by Gasteiger charge is -2.13. The fourth-order valence-electron chi connectivity index (χ4n) is 2.68. The number of carbonyl (C=O) groups excluding carboxylic acids is 1. The van der Waals surface area contributed by atoms with E-state index in [2.05, 4.69) is 10.4 Å². The first-order chi connectivity index (χ1) is 11.6. The molecule has 0 saturated carbocycles. The Bertz CT molecular complexity index is 826. The van der Waals surface area contributed by atoms with E-state index in [1.165, 1.54) is 12.1 Å². The summed E-state index contributed by atoms with van der Waals surface area (Å²) in [7, 11) is 0. The van der Waals surface area contributed by atoms with Gasteiger partial charge in [-0.2, -0.15) is 5.10 Å². The molecule has 0 aliphatic heterocycles. The largest absolute Gasteiger partial charge is 0.355 e. The maximum atomic E-state index is 12.9. The molecule has 1 heterocycles. The summed E-state index contributed by atoms with van der Waals surface area (Å²) in [5.41, 5.74) is 2.04. The molecule has 1 unspecified atom stereocenters. The van der Waals surface area contributed by atoms with Crippen LogP contribution in [0.2, 0.25) is 0 Å². The summed E-state index contributed by atoms with van der Waals surface area (Å²) in [6, 6.07) is 14.3. The van der Waals surface area contributed by atoms with E-state index in [0.717, 1.165) is 16.5 Å². The van der Waals surface area contributed by atoms with Crippen molar-refractivity contribution in [2.24, 2.45) is 0 Å². The molecule has 1 amide bonds. The number of hydrogen-bond donors (Lipinski definition) is 1. The van der Waals surface area contributed by atoms with Gasteiger partial charge in [0.05, 0.1) is 18.3 Å². The van der Waals surface area contributed by atoms with Gasteiger partial charge in [0, 0.05) is 18.4 Å². The van der Waals surface area contributed by atoms with Crippen molar-refractivity contribution in [3.63, 3.8) is 0 Å². The van der Waals surface area contributed by atoms with Gasteiger partial charge in [0.2, 0.25) is 5.91 Å². The fraction of sp³-hybridized carbons (Fsp3) is 0.263. The van der Waals surface area contributed by atoms with Crippen LogP contribution in [0.1, 0.15) is 24.8 Å². The van der Waals surface area contributed by atoms with E-state index in [9.17, 15) is 9.18 Å². The summed E-state index contributed by atoms with van der Waals surface area (Å²) in [5.74, 6) is -0.120. The first-order valence-electron chi connectivity index (χ1n) is 8.06. The van der Waals surface area contributed by atoms with Crippen molar-refractivity contribution in [3.05, 3.63) is 66.1 Å². The third-order valence-corrected chi connectivity index (χ3v) is 4.15. The van der Waals surface area contributed by atoms with Gasteiger partial charge in [0.1, 0.15) is 5.82 Å². The van der Waals surface area contributed by atoms with Gasteiger partial charge in [0.15, 0.2) is 0 Å². The molecule has 4 nitrogen and oxygen atoms in total. The Balaban J connectivity index is 1.50. The Morgan fingerprint density at radius 3 is 2.75 bits per heavy atom. The minimum Gasteiger partial charge on any atom is -0.355 e. The van der Waals surface area contributed by atoms with Crippen LogP contribution in [0.5, 0.6) is 0 Å². The molecule has 0 spiro atoms. The number of amides is 1. The highest BCUT2D eigenvalue weighted by molar-refractivity contribution is 5.79. The summed E-state index contributed by atoms with van der Waals surface area (Å²) >= 11 is 0. The van der Waals surface area contributed by atoms with Crippen LogP contribution in [0, 0.1) is 5.82 Å². The average Bonchev–Trinajstić information content (AvgIpc) is 3.01. The smallest absolute Gasteiger partial charge is 0.221 e. The number of nitrogens with zero attached hydrogens (tertiary/aromatic N) is 2. The molecule has 0 aliphatic rings. The zero-order valence-corrected chi connectivity index (χ0v) is 13.6. The first-order valence-corrected chi connectivity index (χ1v) is 8.06. The van der Waals surface area contributed by atoms with Gasteiger partial charge < -0.3 is 5.32 Å². The van der Waals surface area contributed by atoms with Crippen molar-refractivity contribution in [2.75, 3.05) is 6.54 Å². The van der Waals surface area contributed by atoms with Crippen LogP contribution in [0.25, 0.3) is 10.9 Å². The molecule has 124 valence electrons. The highest BCUT2D eigenvalue weighted by Gasteiger charge is 2.09. The predicted molar refractivity (Wildman–Crippen MR) is 92.2 cm³/mol. The maximum Gasteiger partial charge on any atom is 0.221 e. The molecule has 2 aromatic carbocycles. The number of carbonyl (C=O) groups is 1. The van der Waals surface area contributed by atoms with Gasteiger partial charge in [-0.05, 0) is 29.7 Å². The summed E-state index contributed by atoms with van der Waals surface area (Å²) in [5, 5.41) is 8.32. The number of aromatic nitrogens is 2. The van der Waals surface area contributed by atoms with Crippen molar-refractivity contribution in [1.82, 2.24) is 15.1 Å². The van der Waals surface area contributed by atoms with E-state index >= 15 is 0 Å². The van der Waals surface area contributed by atoms with Crippen LogP contribution in [-0.4, -0.2) is 22.2 Å². The van der Waals surface area contributed by atoms with Gasteiger partial charge in [-0.3, -0.25) is 9.48 Å². The predicted octanol–water partition coefficient (Wildman–Crippen LogP) is 3.49. The fourth-order valence-corrected chi connectivity index (χ4v) is 2.68. The zero-order chi connectivity index (χ0) is 16.9. The zero-order valence-electron chi connectivity index (χ0n) is 13.6. The lowest BCUT2D eigenvalue weighted by molar-refractivity contribution is -0.121. The average molecular weight is 325 g/mol. The summed E-state index contributed by atoms with van der Waals surface area (Å²) < 4.78 is 14.8. The Hall–Kier alpha value is -2.69. The molecular weight excluding hydrogens is 305 g/mol. The number of rotatable bonds is 6. The molecular formula is C19H20FN3O. The van der Waals surface area contributed by atoms with Crippen LogP contribution < -0.4 is 5.32 Å². The van der Waals surface area contributed by atoms with E-state index in [1.807, 2.05) is 42.1 Å². The molecule has 0 saturated heterocycles. The normalized spacial score (nSPS) is 12.2. The SMILES string of the molecule is CC(CNC(=O)CCn1ncc2ccccc21)c1ccc(F)cc1. The van der Waals surface area contributed by atoms with Gasteiger partial charge in [-0.25, -0.2) is 4.39 Å². The molecule has 1 atom stereocenters. The maximum absolute atomic E-state index is 12.9. The molecule has 0 fully saturated rings. The second-order valence-corrected chi connectivity index (χ2v) is 5.93. The minimum atomic E-state index is -0.249. The van der Waals surface area contributed by atoms with Gasteiger partial charge >= 0.3 is 0 Å². The van der Waals surface area contributed by atoms with Gasteiger partial charge in [0.25, 0.3) is 0 Å². The van der Waals surface area contributed by atoms with Crippen molar-refractivity contribution in [2.45, 2.75) is 25.8 Å². The lowest BCUT2D eigenvalue weighted by atomic mass is 10.0. The molecule has 0 aliphatic carbocycles. The number of benzene rings is 2. The Labute approximate surface area is 140 Å². The number of hydrogen-bond acceptors (Lipinski definition) is 2.